The fourth-order valence-electron chi connectivity index (χ4n) is 2.65. The highest BCUT2D eigenvalue weighted by atomic mass is 16.5. The van der Waals surface area contributed by atoms with Crippen molar-refractivity contribution in [3.63, 3.8) is 0 Å². The van der Waals surface area contributed by atoms with Crippen LogP contribution in [0.4, 0.5) is 11.4 Å². The molecule has 0 fully saturated rings. The van der Waals surface area contributed by atoms with Gasteiger partial charge in [-0.25, -0.2) is 0 Å². The Kier molecular flexibility index (Phi) is 7.14. The summed E-state index contributed by atoms with van der Waals surface area (Å²) in [5.41, 5.74) is 1.56. The predicted octanol–water partition coefficient (Wildman–Crippen LogP) is 3.05. The van der Waals surface area contributed by atoms with Gasteiger partial charge in [0.15, 0.2) is 0 Å². The lowest BCUT2D eigenvalue weighted by molar-refractivity contribution is -0.119. The van der Waals surface area contributed by atoms with E-state index >= 15 is 0 Å². The van der Waals surface area contributed by atoms with Crippen molar-refractivity contribution in [3.05, 3.63) is 54.1 Å². The highest BCUT2D eigenvalue weighted by Crippen LogP contribution is 2.18. The second kappa shape index (κ2) is 9.55. The van der Waals surface area contributed by atoms with Gasteiger partial charge in [-0.15, -0.1) is 0 Å². The SMILES string of the molecule is COc1ccccc1C(=O)N[C@H](C(=O)Nc1ccc(NC(C)=O)cc1)C(C)C. The first-order valence-corrected chi connectivity index (χ1v) is 8.94. The van der Waals surface area contributed by atoms with Crippen LogP contribution in [0, 0.1) is 5.92 Å². The van der Waals surface area contributed by atoms with Crippen molar-refractivity contribution < 1.29 is 19.1 Å². The lowest BCUT2D eigenvalue weighted by Gasteiger charge is -2.22. The summed E-state index contributed by atoms with van der Waals surface area (Å²) in [7, 11) is 1.49. The molecule has 148 valence electrons. The van der Waals surface area contributed by atoms with E-state index in [1.54, 1.807) is 48.5 Å². The van der Waals surface area contributed by atoms with Crippen molar-refractivity contribution in [1.29, 1.82) is 0 Å². The van der Waals surface area contributed by atoms with Gasteiger partial charge in [0.1, 0.15) is 11.8 Å². The Morgan fingerprint density at radius 1 is 0.893 bits per heavy atom. The zero-order valence-electron chi connectivity index (χ0n) is 16.4. The van der Waals surface area contributed by atoms with Crippen LogP contribution in [0.5, 0.6) is 5.75 Å². The van der Waals surface area contributed by atoms with Crippen molar-refractivity contribution in [2.45, 2.75) is 26.8 Å². The van der Waals surface area contributed by atoms with Crippen molar-refractivity contribution in [2.24, 2.45) is 5.92 Å². The average Bonchev–Trinajstić information content (AvgIpc) is 2.66. The topological polar surface area (TPSA) is 96.5 Å². The van der Waals surface area contributed by atoms with Crippen molar-refractivity contribution >= 4 is 29.1 Å². The van der Waals surface area contributed by atoms with Gasteiger partial charge in [-0.3, -0.25) is 14.4 Å². The molecule has 2 rings (SSSR count). The molecule has 1 atom stereocenters. The molecular weight excluding hydrogens is 358 g/mol. The Bertz CT molecular complexity index is 847. The Morgan fingerprint density at radius 2 is 1.46 bits per heavy atom. The standard InChI is InChI=1S/C21H25N3O4/c1-13(2)19(24-20(26)17-7-5-6-8-18(17)28-4)21(27)23-16-11-9-15(10-12-16)22-14(3)25/h5-13,19H,1-4H3,(H,22,25)(H,23,27)(H,24,26)/t19-/m0/s1. The summed E-state index contributed by atoms with van der Waals surface area (Å²) in [6.07, 6.45) is 0. The molecule has 0 heterocycles. The normalized spacial score (nSPS) is 11.5. The third-order valence-corrected chi connectivity index (χ3v) is 4.06. The number of nitrogens with one attached hydrogen (secondary N) is 3. The van der Waals surface area contributed by atoms with Crippen molar-refractivity contribution in [3.8, 4) is 5.75 Å². The number of carbonyl (C=O) groups excluding carboxylic acids is 3. The lowest BCUT2D eigenvalue weighted by Crippen LogP contribution is -2.47. The number of anilines is 2. The minimum atomic E-state index is -0.729. The monoisotopic (exact) mass is 383 g/mol. The maximum Gasteiger partial charge on any atom is 0.255 e. The van der Waals surface area contributed by atoms with Crippen LogP contribution in [-0.2, 0) is 9.59 Å². The molecule has 0 spiro atoms. The van der Waals surface area contributed by atoms with Crippen LogP contribution in [0.25, 0.3) is 0 Å². The molecule has 0 aliphatic heterocycles. The number of rotatable bonds is 7. The molecular formula is C21H25N3O4. The molecule has 2 aromatic rings. The van der Waals surface area contributed by atoms with Crippen LogP contribution < -0.4 is 20.7 Å². The number of ether oxygens (including phenoxy) is 1. The molecule has 28 heavy (non-hydrogen) atoms. The van der Waals surface area contributed by atoms with Crippen LogP contribution in [0.15, 0.2) is 48.5 Å². The molecule has 0 unspecified atom stereocenters. The zero-order valence-corrected chi connectivity index (χ0v) is 16.4. The molecule has 0 saturated heterocycles. The fraction of sp³-hybridized carbons (Fsp3) is 0.286. The number of benzene rings is 2. The van der Waals surface area contributed by atoms with Crippen LogP contribution >= 0.6 is 0 Å². The van der Waals surface area contributed by atoms with E-state index in [1.807, 2.05) is 13.8 Å². The third-order valence-electron chi connectivity index (χ3n) is 4.06. The van der Waals surface area contributed by atoms with Crippen LogP contribution in [-0.4, -0.2) is 30.9 Å². The van der Waals surface area contributed by atoms with E-state index in [0.29, 0.717) is 22.7 Å². The summed E-state index contributed by atoms with van der Waals surface area (Å²) >= 11 is 0. The molecule has 0 aliphatic rings. The zero-order chi connectivity index (χ0) is 20.7. The van der Waals surface area contributed by atoms with Gasteiger partial charge < -0.3 is 20.7 Å². The van der Waals surface area contributed by atoms with Gasteiger partial charge in [-0.05, 0) is 42.3 Å². The fourth-order valence-corrected chi connectivity index (χ4v) is 2.65. The average molecular weight is 383 g/mol. The molecule has 2 aromatic carbocycles. The Labute approximate surface area is 164 Å². The van der Waals surface area contributed by atoms with Gasteiger partial charge in [0.25, 0.3) is 5.91 Å². The molecule has 3 amide bonds. The van der Waals surface area contributed by atoms with E-state index in [2.05, 4.69) is 16.0 Å². The van der Waals surface area contributed by atoms with Crippen molar-refractivity contribution in [2.75, 3.05) is 17.7 Å². The maximum absolute atomic E-state index is 12.7. The molecule has 0 saturated carbocycles. The minimum Gasteiger partial charge on any atom is -0.496 e. The van der Waals surface area contributed by atoms with E-state index in [9.17, 15) is 14.4 Å². The Balaban J connectivity index is 2.09. The number of methoxy groups -OCH3 is 1. The molecule has 0 aliphatic carbocycles. The summed E-state index contributed by atoms with van der Waals surface area (Å²) in [6, 6.07) is 12.9. The number of carbonyl (C=O) groups is 3. The highest BCUT2D eigenvalue weighted by molar-refractivity contribution is 6.02. The minimum absolute atomic E-state index is 0.127. The molecule has 7 heteroatoms. The molecule has 0 aromatic heterocycles. The summed E-state index contributed by atoms with van der Waals surface area (Å²) in [5.74, 6) is -0.567. The third kappa shape index (κ3) is 5.57. The number of para-hydroxylation sites is 1. The molecule has 7 nitrogen and oxygen atoms in total. The van der Waals surface area contributed by atoms with Crippen LogP contribution in [0.3, 0.4) is 0 Å². The Hall–Kier alpha value is -3.35. The first kappa shape index (κ1) is 21.0. The van der Waals surface area contributed by atoms with Gasteiger partial charge in [0.2, 0.25) is 11.8 Å². The van der Waals surface area contributed by atoms with Crippen LogP contribution in [0.2, 0.25) is 0 Å². The van der Waals surface area contributed by atoms with Gasteiger partial charge in [0, 0.05) is 18.3 Å². The van der Waals surface area contributed by atoms with Gasteiger partial charge in [-0.2, -0.15) is 0 Å². The summed E-state index contributed by atoms with van der Waals surface area (Å²) < 4.78 is 5.21. The van der Waals surface area contributed by atoms with E-state index < -0.39 is 6.04 Å². The second-order valence-corrected chi connectivity index (χ2v) is 6.64. The van der Waals surface area contributed by atoms with E-state index in [0.717, 1.165) is 0 Å². The molecule has 0 radical (unpaired) electrons. The van der Waals surface area contributed by atoms with Crippen LogP contribution in [0.1, 0.15) is 31.1 Å². The summed E-state index contributed by atoms with van der Waals surface area (Å²) in [5, 5.41) is 8.23. The van der Waals surface area contributed by atoms with Gasteiger partial charge >= 0.3 is 0 Å². The largest absolute Gasteiger partial charge is 0.496 e. The number of amides is 3. The first-order valence-electron chi connectivity index (χ1n) is 8.94. The maximum atomic E-state index is 12.7. The number of hydrogen-bond donors (Lipinski definition) is 3. The van der Waals surface area contributed by atoms with E-state index in [1.165, 1.54) is 14.0 Å². The van der Waals surface area contributed by atoms with E-state index in [4.69, 9.17) is 4.74 Å². The molecule has 3 N–H and O–H groups in total. The summed E-state index contributed by atoms with van der Waals surface area (Å²) in [6.45, 7) is 5.13. The lowest BCUT2D eigenvalue weighted by atomic mass is 10.0. The smallest absolute Gasteiger partial charge is 0.255 e. The number of hydrogen-bond acceptors (Lipinski definition) is 4. The van der Waals surface area contributed by atoms with Gasteiger partial charge in [-0.1, -0.05) is 26.0 Å². The second-order valence-electron chi connectivity index (χ2n) is 6.64. The van der Waals surface area contributed by atoms with Crippen molar-refractivity contribution in [1.82, 2.24) is 5.32 Å². The highest BCUT2D eigenvalue weighted by Gasteiger charge is 2.25. The predicted molar refractivity (Wildman–Crippen MR) is 108 cm³/mol. The van der Waals surface area contributed by atoms with Gasteiger partial charge in [0.05, 0.1) is 12.7 Å². The molecule has 0 bridgehead atoms. The summed E-state index contributed by atoms with van der Waals surface area (Å²) in [4.78, 5) is 36.4. The quantitative estimate of drug-likeness (QED) is 0.685. The Morgan fingerprint density at radius 3 is 2.00 bits per heavy atom. The first-order chi connectivity index (χ1) is 13.3. The van der Waals surface area contributed by atoms with E-state index in [-0.39, 0.29) is 23.6 Å².